The Kier molecular flexibility index (Phi) is 5.73. The van der Waals surface area contributed by atoms with Crippen molar-refractivity contribution in [2.45, 2.75) is 26.3 Å². The number of aromatic amines is 1. The van der Waals surface area contributed by atoms with Crippen LogP contribution < -0.4 is 4.74 Å². The van der Waals surface area contributed by atoms with Crippen LogP contribution in [0.25, 0.3) is 33.5 Å². The number of carbonyl (C=O) groups is 1. The smallest absolute Gasteiger partial charge is 0.449 e. The highest BCUT2D eigenvalue weighted by Crippen LogP contribution is 2.31. The third-order valence-electron chi connectivity index (χ3n) is 5.61. The van der Waals surface area contributed by atoms with Crippen LogP contribution in [0.3, 0.4) is 0 Å². The van der Waals surface area contributed by atoms with E-state index in [0.29, 0.717) is 23.4 Å². The highest BCUT2D eigenvalue weighted by Gasteiger charge is 2.17. The maximum Gasteiger partial charge on any atom is 0.511 e. The minimum absolute atomic E-state index is 0.283. The topological polar surface area (TPSA) is 119 Å². The van der Waals surface area contributed by atoms with Gasteiger partial charge in [-0.15, -0.1) is 5.10 Å². The summed E-state index contributed by atoms with van der Waals surface area (Å²) in [6, 6.07) is 21.5. The maximum atomic E-state index is 11.2. The van der Waals surface area contributed by atoms with Gasteiger partial charge in [-0.2, -0.15) is 0 Å². The summed E-state index contributed by atoms with van der Waals surface area (Å²) in [4.78, 5) is 16.0. The average Bonchev–Trinajstić information content (AvgIpc) is 3.49. The van der Waals surface area contributed by atoms with Crippen molar-refractivity contribution < 1.29 is 14.6 Å². The molecule has 2 heterocycles. The van der Waals surface area contributed by atoms with Crippen molar-refractivity contribution in [2.24, 2.45) is 0 Å². The number of aromatic nitrogens is 6. The lowest BCUT2D eigenvalue weighted by Gasteiger charge is -2.12. The zero-order chi connectivity index (χ0) is 23.5. The molecular formula is C25H22N6O3. The predicted molar refractivity (Wildman–Crippen MR) is 127 cm³/mol. The number of hydrogen-bond donors (Lipinski definition) is 2. The van der Waals surface area contributed by atoms with Gasteiger partial charge in [0.25, 0.3) is 0 Å². The Morgan fingerprint density at radius 1 is 1.03 bits per heavy atom. The van der Waals surface area contributed by atoms with Crippen LogP contribution in [0.1, 0.15) is 24.7 Å². The third kappa shape index (κ3) is 4.11. The lowest BCUT2D eigenvalue weighted by atomic mass is 9.98. The second-order valence-electron chi connectivity index (χ2n) is 7.85. The Morgan fingerprint density at radius 3 is 2.53 bits per heavy atom. The standard InChI is InChI=1S/C25H22N6O3/c1-2-6-22-26-20-9-5-10-21(34-25(32)33)23(20)31(22)15-16-11-13-17(14-12-16)18-7-3-4-8-19(18)24-27-29-30-28-24/h3-5,7-14H,2,6,15H2,1H3,(H,32,33)(H,27,28,29,30). The van der Waals surface area contributed by atoms with Gasteiger partial charge in [0.05, 0.1) is 5.52 Å². The normalized spacial score (nSPS) is 11.1. The van der Waals surface area contributed by atoms with E-state index < -0.39 is 6.16 Å². The molecule has 5 aromatic rings. The van der Waals surface area contributed by atoms with Gasteiger partial charge < -0.3 is 14.4 Å². The zero-order valence-corrected chi connectivity index (χ0v) is 18.5. The fourth-order valence-electron chi connectivity index (χ4n) is 4.15. The number of para-hydroxylation sites is 1. The number of benzene rings is 3. The average molecular weight is 454 g/mol. The number of carboxylic acid groups (broad SMARTS) is 1. The molecule has 170 valence electrons. The first-order valence-corrected chi connectivity index (χ1v) is 11.0. The molecule has 0 fully saturated rings. The van der Waals surface area contributed by atoms with E-state index >= 15 is 0 Å². The summed E-state index contributed by atoms with van der Waals surface area (Å²) in [6.45, 7) is 2.63. The van der Waals surface area contributed by atoms with Crippen molar-refractivity contribution in [3.05, 3.63) is 78.1 Å². The number of nitrogens with zero attached hydrogens (tertiary/aromatic N) is 5. The van der Waals surface area contributed by atoms with E-state index in [-0.39, 0.29) is 5.75 Å². The number of imidazole rings is 1. The van der Waals surface area contributed by atoms with Gasteiger partial charge >= 0.3 is 6.16 Å². The summed E-state index contributed by atoms with van der Waals surface area (Å²) < 4.78 is 7.10. The number of ether oxygens (including phenoxy) is 1. The van der Waals surface area contributed by atoms with Gasteiger partial charge in [0.2, 0.25) is 0 Å². The Hall–Kier alpha value is -4.53. The fourth-order valence-corrected chi connectivity index (χ4v) is 4.15. The van der Waals surface area contributed by atoms with Gasteiger partial charge in [-0.3, -0.25) is 0 Å². The summed E-state index contributed by atoms with van der Waals surface area (Å²) in [5.74, 6) is 1.79. The van der Waals surface area contributed by atoms with Gasteiger partial charge in [0.15, 0.2) is 11.6 Å². The van der Waals surface area contributed by atoms with Crippen LogP contribution >= 0.6 is 0 Å². The largest absolute Gasteiger partial charge is 0.511 e. The number of H-pyrrole nitrogens is 1. The molecule has 9 heteroatoms. The third-order valence-corrected chi connectivity index (χ3v) is 5.61. The fraction of sp³-hybridized carbons (Fsp3) is 0.160. The molecule has 0 aliphatic rings. The van der Waals surface area contributed by atoms with E-state index in [9.17, 15) is 9.90 Å². The number of tetrazole rings is 1. The van der Waals surface area contributed by atoms with E-state index in [1.165, 1.54) is 0 Å². The van der Waals surface area contributed by atoms with E-state index in [1.807, 2.05) is 34.9 Å². The highest BCUT2D eigenvalue weighted by molar-refractivity contribution is 5.85. The zero-order valence-electron chi connectivity index (χ0n) is 18.5. The van der Waals surface area contributed by atoms with Crippen LogP contribution in [0, 0.1) is 0 Å². The van der Waals surface area contributed by atoms with E-state index in [4.69, 9.17) is 9.72 Å². The molecule has 0 aliphatic heterocycles. The van der Waals surface area contributed by atoms with Crippen LogP contribution in [0.2, 0.25) is 0 Å². The van der Waals surface area contributed by atoms with Gasteiger partial charge in [0.1, 0.15) is 11.3 Å². The summed E-state index contributed by atoms with van der Waals surface area (Å²) in [5, 5.41) is 23.4. The molecular weight excluding hydrogens is 432 g/mol. The lowest BCUT2D eigenvalue weighted by molar-refractivity contribution is 0.145. The maximum absolute atomic E-state index is 11.2. The van der Waals surface area contributed by atoms with E-state index in [0.717, 1.165) is 40.9 Å². The Balaban J connectivity index is 1.51. The van der Waals surface area contributed by atoms with Gasteiger partial charge in [-0.1, -0.05) is 61.5 Å². The minimum atomic E-state index is -1.35. The summed E-state index contributed by atoms with van der Waals surface area (Å²) in [7, 11) is 0. The highest BCUT2D eigenvalue weighted by atomic mass is 16.7. The van der Waals surface area contributed by atoms with Crippen molar-refractivity contribution >= 4 is 17.2 Å². The molecule has 34 heavy (non-hydrogen) atoms. The molecule has 0 unspecified atom stereocenters. The Labute approximate surface area is 195 Å². The molecule has 0 amide bonds. The summed E-state index contributed by atoms with van der Waals surface area (Å²) in [5.41, 5.74) is 5.43. The van der Waals surface area contributed by atoms with Crippen LogP contribution in [-0.2, 0) is 13.0 Å². The molecule has 0 saturated heterocycles. The van der Waals surface area contributed by atoms with E-state index in [1.54, 1.807) is 12.1 Å². The molecule has 3 aromatic carbocycles. The molecule has 0 bridgehead atoms. The quantitative estimate of drug-likeness (QED) is 0.264. The first-order valence-electron chi connectivity index (χ1n) is 11.0. The van der Waals surface area contributed by atoms with Gasteiger partial charge in [-0.25, -0.2) is 14.9 Å². The number of hydrogen-bond acceptors (Lipinski definition) is 6. The van der Waals surface area contributed by atoms with Crippen LogP contribution in [0.15, 0.2) is 66.7 Å². The van der Waals surface area contributed by atoms with Gasteiger partial charge in [0, 0.05) is 18.5 Å². The summed E-state index contributed by atoms with van der Waals surface area (Å²) >= 11 is 0. The number of rotatable bonds is 7. The van der Waals surface area contributed by atoms with Crippen molar-refractivity contribution in [3.8, 4) is 28.3 Å². The second-order valence-corrected chi connectivity index (χ2v) is 7.85. The molecule has 2 aromatic heterocycles. The Bertz CT molecular complexity index is 1440. The lowest BCUT2D eigenvalue weighted by Crippen LogP contribution is -2.08. The SMILES string of the molecule is CCCc1nc2cccc(OC(=O)O)c2n1Cc1ccc(-c2ccccc2-c2nnn[nH]2)cc1. The first kappa shape index (κ1) is 21.3. The molecule has 2 N–H and O–H groups in total. The Morgan fingerprint density at radius 2 is 1.82 bits per heavy atom. The van der Waals surface area contributed by atoms with Crippen molar-refractivity contribution in [1.82, 2.24) is 30.2 Å². The van der Waals surface area contributed by atoms with Crippen molar-refractivity contribution in [3.63, 3.8) is 0 Å². The predicted octanol–water partition coefficient (Wildman–Crippen LogP) is 4.94. The molecule has 0 saturated carbocycles. The van der Waals surface area contributed by atoms with Gasteiger partial charge in [-0.05, 0) is 45.7 Å². The second kappa shape index (κ2) is 9.14. The van der Waals surface area contributed by atoms with E-state index in [2.05, 4.69) is 51.8 Å². The van der Waals surface area contributed by atoms with Crippen LogP contribution in [0.4, 0.5) is 4.79 Å². The minimum Gasteiger partial charge on any atom is -0.449 e. The first-order chi connectivity index (χ1) is 16.6. The molecule has 5 rings (SSSR count). The molecule has 0 radical (unpaired) electrons. The van der Waals surface area contributed by atoms with Crippen molar-refractivity contribution in [1.29, 1.82) is 0 Å². The monoisotopic (exact) mass is 454 g/mol. The summed E-state index contributed by atoms with van der Waals surface area (Å²) in [6.07, 6.45) is 0.352. The molecule has 0 atom stereocenters. The number of aryl methyl sites for hydroxylation is 1. The molecule has 0 aliphatic carbocycles. The number of fused-ring (bicyclic) bond motifs is 1. The molecule has 9 nitrogen and oxygen atoms in total. The molecule has 0 spiro atoms. The van der Waals surface area contributed by atoms with Crippen LogP contribution in [0.5, 0.6) is 5.75 Å². The van der Waals surface area contributed by atoms with Crippen LogP contribution in [-0.4, -0.2) is 41.4 Å². The van der Waals surface area contributed by atoms with Crippen molar-refractivity contribution in [2.75, 3.05) is 0 Å². The number of nitrogens with one attached hydrogen (secondary N) is 1.